The predicted octanol–water partition coefficient (Wildman–Crippen LogP) is 7.93. The van der Waals surface area contributed by atoms with Gasteiger partial charge in [-0.05, 0) is 109 Å². The van der Waals surface area contributed by atoms with E-state index in [0.29, 0.717) is 16.7 Å². The van der Waals surface area contributed by atoms with E-state index in [9.17, 15) is 5.26 Å². The predicted molar refractivity (Wildman–Crippen MR) is 132 cm³/mol. The Kier molecular flexibility index (Phi) is 5.79. The monoisotopic (exact) mass is 434 g/mol. The molecule has 1 aromatic rings. The van der Waals surface area contributed by atoms with E-state index in [1.54, 1.807) is 0 Å². The van der Waals surface area contributed by atoms with Gasteiger partial charge in [0.2, 0.25) is 0 Å². The van der Waals surface area contributed by atoms with Gasteiger partial charge in [0.25, 0.3) is 0 Å². The molecule has 4 aliphatic carbocycles. The second-order valence-electron chi connectivity index (χ2n) is 13.4. The summed E-state index contributed by atoms with van der Waals surface area (Å²) in [4.78, 5) is 0. The topological polar surface area (TPSA) is 28.7 Å². The summed E-state index contributed by atoms with van der Waals surface area (Å²) in [6.45, 7) is 14.0. The first-order valence-corrected chi connectivity index (χ1v) is 13.8. The molecule has 0 radical (unpaired) electrons. The van der Waals surface area contributed by atoms with Crippen molar-refractivity contribution in [3.8, 4) is 6.07 Å². The van der Waals surface area contributed by atoms with Crippen LogP contribution < -0.4 is 0 Å². The molecule has 0 saturated heterocycles. The van der Waals surface area contributed by atoms with Crippen molar-refractivity contribution in [1.82, 2.24) is 4.57 Å². The van der Waals surface area contributed by atoms with Crippen LogP contribution in [0, 0.1) is 69.5 Å². The molecule has 4 aliphatic rings. The number of rotatable bonds is 3. The third-order valence-corrected chi connectivity index (χ3v) is 11.5. The van der Waals surface area contributed by atoms with Crippen LogP contribution in [-0.4, -0.2) is 4.57 Å². The molecule has 2 heteroatoms. The minimum Gasteiger partial charge on any atom is -0.353 e. The van der Waals surface area contributed by atoms with E-state index in [2.05, 4.69) is 51.5 Å². The lowest BCUT2D eigenvalue weighted by Gasteiger charge is -2.65. The van der Waals surface area contributed by atoms with Gasteiger partial charge in [0.15, 0.2) is 0 Å². The molecule has 1 heterocycles. The lowest BCUT2D eigenvalue weighted by molar-refractivity contribution is -0.158. The van der Waals surface area contributed by atoms with E-state index in [-0.39, 0.29) is 0 Å². The number of nitriles is 1. The number of hydrogen-bond donors (Lipinski definition) is 0. The van der Waals surface area contributed by atoms with Crippen LogP contribution in [-0.2, 0) is 6.54 Å². The lowest BCUT2D eigenvalue weighted by Crippen LogP contribution is -2.57. The van der Waals surface area contributed by atoms with Gasteiger partial charge < -0.3 is 4.57 Å². The van der Waals surface area contributed by atoms with E-state index in [1.807, 2.05) is 12.3 Å². The van der Waals surface area contributed by atoms with Gasteiger partial charge in [-0.3, -0.25) is 0 Å². The Morgan fingerprint density at radius 1 is 1.06 bits per heavy atom. The van der Waals surface area contributed by atoms with Gasteiger partial charge in [-0.15, -0.1) is 0 Å². The molecular formula is C30H46N2. The minimum absolute atomic E-state index is 0.499. The molecule has 176 valence electrons. The van der Waals surface area contributed by atoms with Crippen molar-refractivity contribution in [2.75, 3.05) is 0 Å². The first-order chi connectivity index (χ1) is 15.2. The minimum atomic E-state index is 0.499. The third kappa shape index (κ3) is 3.58. The van der Waals surface area contributed by atoms with E-state index in [1.165, 1.54) is 57.8 Å². The molecule has 0 bridgehead atoms. The van der Waals surface area contributed by atoms with Crippen molar-refractivity contribution in [2.45, 2.75) is 99.0 Å². The summed E-state index contributed by atoms with van der Waals surface area (Å²) in [5, 5.41) is 9.22. The molecule has 2 nitrogen and oxygen atoms in total. The SMILES string of the molecule is C[C@H]1CC[C@@H]2C3CC[C@@]4(C)C(C3CC[C@]2(C)C1)[C@H](C)CC[C@@H]4[C@H](C)Cn1ccc(C#N)c1. The maximum absolute atomic E-state index is 9.22. The van der Waals surface area contributed by atoms with Crippen molar-refractivity contribution in [3.63, 3.8) is 0 Å². The van der Waals surface area contributed by atoms with Crippen LogP contribution in [0.2, 0.25) is 0 Å². The highest BCUT2D eigenvalue weighted by molar-refractivity contribution is 5.25. The van der Waals surface area contributed by atoms with Crippen LogP contribution in [0.4, 0.5) is 0 Å². The Balaban J connectivity index is 1.38. The average molecular weight is 435 g/mol. The fraction of sp³-hybridized carbons (Fsp3) is 0.833. The fourth-order valence-corrected chi connectivity index (χ4v) is 10.4. The average Bonchev–Trinajstić information content (AvgIpc) is 3.20. The summed E-state index contributed by atoms with van der Waals surface area (Å²) in [6, 6.07) is 4.27. The van der Waals surface area contributed by atoms with Gasteiger partial charge in [-0.1, -0.05) is 47.5 Å². The Morgan fingerprint density at radius 3 is 2.59 bits per heavy atom. The Hall–Kier alpha value is -1.23. The van der Waals surface area contributed by atoms with Crippen molar-refractivity contribution < 1.29 is 0 Å². The number of hydrogen-bond acceptors (Lipinski definition) is 1. The zero-order valence-corrected chi connectivity index (χ0v) is 21.3. The van der Waals surface area contributed by atoms with Gasteiger partial charge in [0, 0.05) is 18.9 Å². The maximum Gasteiger partial charge on any atom is 0.101 e. The molecule has 3 unspecified atom stereocenters. The smallest absolute Gasteiger partial charge is 0.101 e. The normalized spacial score (nSPS) is 46.9. The summed E-state index contributed by atoms with van der Waals surface area (Å²) in [5.41, 5.74) is 1.93. The Bertz CT molecular complexity index is 862. The summed E-state index contributed by atoms with van der Waals surface area (Å²) in [6.07, 6.45) is 17.4. The molecule has 0 N–H and O–H groups in total. The molecule has 1 aromatic heterocycles. The molecular weight excluding hydrogens is 388 g/mol. The van der Waals surface area contributed by atoms with Crippen LogP contribution in [0.5, 0.6) is 0 Å². The van der Waals surface area contributed by atoms with Crippen LogP contribution in [0.25, 0.3) is 0 Å². The van der Waals surface area contributed by atoms with Crippen molar-refractivity contribution in [3.05, 3.63) is 24.0 Å². The highest BCUT2D eigenvalue weighted by atomic mass is 14.9. The molecule has 5 rings (SSSR count). The molecule has 4 fully saturated rings. The van der Waals surface area contributed by atoms with Crippen LogP contribution in [0.1, 0.15) is 98.0 Å². The van der Waals surface area contributed by atoms with Crippen LogP contribution >= 0.6 is 0 Å². The number of aromatic nitrogens is 1. The summed E-state index contributed by atoms with van der Waals surface area (Å²) >= 11 is 0. The second kappa shape index (κ2) is 8.21. The molecule has 0 amide bonds. The van der Waals surface area contributed by atoms with E-state index in [4.69, 9.17) is 0 Å². The van der Waals surface area contributed by atoms with E-state index >= 15 is 0 Å². The molecule has 10 atom stereocenters. The van der Waals surface area contributed by atoms with Gasteiger partial charge in [0.1, 0.15) is 6.07 Å². The largest absolute Gasteiger partial charge is 0.353 e. The van der Waals surface area contributed by atoms with Gasteiger partial charge in [-0.2, -0.15) is 5.26 Å². The highest BCUT2D eigenvalue weighted by Gasteiger charge is 2.59. The lowest BCUT2D eigenvalue weighted by atomic mass is 9.40. The Labute approximate surface area is 197 Å². The van der Waals surface area contributed by atoms with Crippen molar-refractivity contribution >= 4 is 0 Å². The second-order valence-corrected chi connectivity index (χ2v) is 13.4. The third-order valence-electron chi connectivity index (χ3n) is 11.5. The first kappa shape index (κ1) is 22.6. The summed E-state index contributed by atoms with van der Waals surface area (Å²) in [7, 11) is 0. The highest BCUT2D eigenvalue weighted by Crippen LogP contribution is 2.67. The van der Waals surface area contributed by atoms with Crippen LogP contribution in [0.3, 0.4) is 0 Å². The Morgan fingerprint density at radius 2 is 1.84 bits per heavy atom. The zero-order valence-electron chi connectivity index (χ0n) is 21.3. The first-order valence-electron chi connectivity index (χ1n) is 13.8. The van der Waals surface area contributed by atoms with E-state index in [0.717, 1.165) is 53.5 Å². The fourth-order valence-electron chi connectivity index (χ4n) is 10.4. The quantitative estimate of drug-likeness (QED) is 0.475. The number of nitrogens with zero attached hydrogens (tertiary/aromatic N) is 2. The zero-order chi connectivity index (χ0) is 22.7. The maximum atomic E-state index is 9.22. The standard InChI is InChI=1S/C30H46N2/c1-20-6-8-27-24-11-14-30(5)26(22(3)18-32-15-12-23(17-31)19-32)9-7-21(2)28(30)25(24)10-13-29(27,4)16-20/h12,15,19-22,24-28H,6-11,13-14,16,18H2,1-5H3/t20-,21+,22+,24?,25?,26+,27+,28?,29+,30+/m0/s1. The van der Waals surface area contributed by atoms with Gasteiger partial charge >= 0.3 is 0 Å². The van der Waals surface area contributed by atoms with Crippen molar-refractivity contribution in [2.24, 2.45) is 58.2 Å². The van der Waals surface area contributed by atoms with Gasteiger partial charge in [0.05, 0.1) is 5.56 Å². The van der Waals surface area contributed by atoms with E-state index < -0.39 is 0 Å². The summed E-state index contributed by atoms with van der Waals surface area (Å²) < 4.78 is 2.28. The molecule has 0 spiro atoms. The van der Waals surface area contributed by atoms with Crippen molar-refractivity contribution in [1.29, 1.82) is 5.26 Å². The molecule has 32 heavy (non-hydrogen) atoms. The molecule has 4 saturated carbocycles. The van der Waals surface area contributed by atoms with Crippen LogP contribution in [0.15, 0.2) is 18.5 Å². The molecule has 0 aliphatic heterocycles. The summed E-state index contributed by atoms with van der Waals surface area (Å²) in [5.74, 6) is 7.21. The van der Waals surface area contributed by atoms with Gasteiger partial charge in [-0.25, -0.2) is 0 Å². The molecule has 0 aromatic carbocycles. The number of fused-ring (bicyclic) bond motifs is 5.